The lowest BCUT2D eigenvalue weighted by Crippen LogP contribution is -2.43. The van der Waals surface area contributed by atoms with Crippen LogP contribution >= 0.6 is 0 Å². The Balaban J connectivity index is 1.75. The van der Waals surface area contributed by atoms with Crippen LogP contribution in [0.15, 0.2) is 24.3 Å². The molecule has 0 bridgehead atoms. The average molecular weight is 426 g/mol. The fourth-order valence-corrected chi connectivity index (χ4v) is 4.05. The van der Waals surface area contributed by atoms with Gasteiger partial charge in [0.2, 0.25) is 0 Å². The Labute approximate surface area is 180 Å². The van der Waals surface area contributed by atoms with Gasteiger partial charge in [0.1, 0.15) is 0 Å². The third-order valence-corrected chi connectivity index (χ3v) is 5.49. The van der Waals surface area contributed by atoms with Gasteiger partial charge in [-0.25, -0.2) is 4.79 Å². The van der Waals surface area contributed by atoms with Crippen molar-refractivity contribution >= 4 is 29.3 Å². The standard InChI is InChI=1S/C23H26N2O6/c1-12-10-16-8-6-7-9-18(16)25(12)22(28)15(4)31-19(27)11-17-20(23(29)30-5)13(2)21(24-17)14(3)26/h6-9,12,15,24H,10-11H2,1-5H3/t12-,15+/m0/s1. The maximum atomic E-state index is 13.0. The number of carbonyl (C=O) groups is 4. The maximum absolute atomic E-state index is 13.0. The first-order valence-corrected chi connectivity index (χ1v) is 10.1. The fourth-order valence-electron chi connectivity index (χ4n) is 4.05. The number of benzene rings is 1. The molecule has 164 valence electrons. The molecule has 31 heavy (non-hydrogen) atoms. The van der Waals surface area contributed by atoms with E-state index in [9.17, 15) is 19.2 Å². The van der Waals surface area contributed by atoms with Gasteiger partial charge in [-0.15, -0.1) is 0 Å². The number of anilines is 1. The molecule has 1 amide bonds. The molecule has 0 spiro atoms. The lowest BCUT2D eigenvalue weighted by atomic mass is 10.1. The first kappa shape index (κ1) is 22.3. The third-order valence-electron chi connectivity index (χ3n) is 5.49. The molecule has 1 N–H and O–H groups in total. The highest BCUT2D eigenvalue weighted by molar-refractivity contribution is 6.02. The summed E-state index contributed by atoms with van der Waals surface area (Å²) in [7, 11) is 1.22. The number of hydrogen-bond donors (Lipinski definition) is 1. The number of aromatic nitrogens is 1. The molecule has 0 saturated carbocycles. The summed E-state index contributed by atoms with van der Waals surface area (Å²) in [6.45, 7) is 6.43. The normalized spacial score (nSPS) is 15.9. The second-order valence-electron chi connectivity index (χ2n) is 7.73. The number of hydrogen-bond acceptors (Lipinski definition) is 6. The predicted octanol–water partition coefficient (Wildman–Crippen LogP) is 2.76. The number of ketones is 1. The second kappa shape index (κ2) is 8.75. The van der Waals surface area contributed by atoms with Gasteiger partial charge >= 0.3 is 11.9 Å². The van der Waals surface area contributed by atoms with Gasteiger partial charge in [-0.05, 0) is 44.4 Å². The van der Waals surface area contributed by atoms with Crippen molar-refractivity contribution < 1.29 is 28.7 Å². The van der Waals surface area contributed by atoms with Gasteiger partial charge in [0.05, 0.1) is 24.8 Å². The van der Waals surface area contributed by atoms with Crippen LogP contribution in [0.4, 0.5) is 5.69 Å². The number of amides is 1. The molecule has 1 aromatic heterocycles. The van der Waals surface area contributed by atoms with Crippen LogP contribution in [-0.4, -0.2) is 47.9 Å². The van der Waals surface area contributed by atoms with Crippen molar-refractivity contribution in [2.24, 2.45) is 0 Å². The van der Waals surface area contributed by atoms with Gasteiger partial charge in [-0.1, -0.05) is 18.2 Å². The van der Waals surface area contributed by atoms with E-state index in [1.165, 1.54) is 21.0 Å². The lowest BCUT2D eigenvalue weighted by Gasteiger charge is -2.25. The largest absolute Gasteiger partial charge is 0.465 e. The molecule has 0 unspecified atom stereocenters. The number of rotatable bonds is 6. The van der Waals surface area contributed by atoms with Gasteiger partial charge < -0.3 is 19.4 Å². The van der Waals surface area contributed by atoms with Gasteiger partial charge in [0.15, 0.2) is 11.9 Å². The van der Waals surface area contributed by atoms with E-state index in [0.717, 1.165) is 17.7 Å². The predicted molar refractivity (Wildman–Crippen MR) is 113 cm³/mol. The fraction of sp³-hybridized carbons (Fsp3) is 0.391. The quantitative estimate of drug-likeness (QED) is 0.562. The summed E-state index contributed by atoms with van der Waals surface area (Å²) in [4.78, 5) is 54.0. The number of nitrogens with zero attached hydrogens (tertiary/aromatic N) is 1. The Kier molecular flexibility index (Phi) is 6.29. The summed E-state index contributed by atoms with van der Waals surface area (Å²) < 4.78 is 10.2. The number of H-pyrrole nitrogens is 1. The molecule has 8 heteroatoms. The van der Waals surface area contributed by atoms with Gasteiger partial charge in [0, 0.05) is 24.3 Å². The molecule has 2 atom stereocenters. The highest BCUT2D eigenvalue weighted by Crippen LogP contribution is 2.32. The van der Waals surface area contributed by atoms with Crippen molar-refractivity contribution in [3.63, 3.8) is 0 Å². The van der Waals surface area contributed by atoms with Crippen LogP contribution in [0.3, 0.4) is 0 Å². The van der Waals surface area contributed by atoms with Crippen molar-refractivity contribution in [1.29, 1.82) is 0 Å². The zero-order chi connectivity index (χ0) is 22.9. The number of methoxy groups -OCH3 is 1. The van der Waals surface area contributed by atoms with E-state index in [1.54, 1.807) is 11.8 Å². The number of nitrogens with one attached hydrogen (secondary N) is 1. The number of aromatic amines is 1. The minimum Gasteiger partial charge on any atom is -0.465 e. The van der Waals surface area contributed by atoms with Crippen molar-refractivity contribution in [3.8, 4) is 0 Å². The van der Waals surface area contributed by atoms with Crippen LogP contribution in [0.25, 0.3) is 0 Å². The molecular weight excluding hydrogens is 400 g/mol. The van der Waals surface area contributed by atoms with E-state index in [4.69, 9.17) is 9.47 Å². The van der Waals surface area contributed by atoms with Crippen LogP contribution in [0.2, 0.25) is 0 Å². The molecule has 2 aromatic rings. The summed E-state index contributed by atoms with van der Waals surface area (Å²) >= 11 is 0. The summed E-state index contributed by atoms with van der Waals surface area (Å²) in [5.74, 6) is -1.93. The Morgan fingerprint density at radius 2 is 1.90 bits per heavy atom. The monoisotopic (exact) mass is 426 g/mol. The molecule has 0 fully saturated rings. The first-order valence-electron chi connectivity index (χ1n) is 10.1. The molecule has 0 radical (unpaired) electrons. The van der Waals surface area contributed by atoms with Gasteiger partial charge in [-0.3, -0.25) is 14.4 Å². The smallest absolute Gasteiger partial charge is 0.339 e. The van der Waals surface area contributed by atoms with Crippen LogP contribution < -0.4 is 4.90 Å². The molecule has 0 aliphatic carbocycles. The number of fused-ring (bicyclic) bond motifs is 1. The highest BCUT2D eigenvalue weighted by atomic mass is 16.5. The van der Waals surface area contributed by atoms with E-state index in [1.807, 2.05) is 31.2 Å². The highest BCUT2D eigenvalue weighted by Gasteiger charge is 2.35. The van der Waals surface area contributed by atoms with Crippen molar-refractivity contribution in [1.82, 2.24) is 4.98 Å². The zero-order valence-corrected chi connectivity index (χ0v) is 18.3. The van der Waals surface area contributed by atoms with Crippen molar-refractivity contribution in [3.05, 3.63) is 52.3 Å². The Hall–Kier alpha value is -3.42. The van der Waals surface area contributed by atoms with E-state index in [-0.39, 0.29) is 41.1 Å². The molecule has 0 saturated heterocycles. The molecule has 2 heterocycles. The number of Topliss-reactive ketones (excluding diaryl/α,β-unsaturated/α-hetero) is 1. The van der Waals surface area contributed by atoms with E-state index < -0.39 is 18.0 Å². The summed E-state index contributed by atoms with van der Waals surface area (Å²) in [5.41, 5.74) is 2.89. The average Bonchev–Trinajstić information content (AvgIpc) is 3.22. The summed E-state index contributed by atoms with van der Waals surface area (Å²) in [6.07, 6.45) is -0.575. The molecule has 1 aliphatic heterocycles. The van der Waals surface area contributed by atoms with Crippen LogP contribution in [0, 0.1) is 6.92 Å². The second-order valence-corrected chi connectivity index (χ2v) is 7.73. The van der Waals surface area contributed by atoms with Crippen molar-refractivity contribution in [2.75, 3.05) is 12.0 Å². The van der Waals surface area contributed by atoms with E-state index in [0.29, 0.717) is 5.56 Å². The van der Waals surface area contributed by atoms with Crippen LogP contribution in [-0.2, 0) is 31.9 Å². The number of para-hydroxylation sites is 1. The zero-order valence-electron chi connectivity index (χ0n) is 18.3. The minimum atomic E-state index is -1.01. The van der Waals surface area contributed by atoms with Gasteiger partial charge in [-0.2, -0.15) is 0 Å². The lowest BCUT2D eigenvalue weighted by molar-refractivity contribution is -0.153. The van der Waals surface area contributed by atoms with Crippen molar-refractivity contribution in [2.45, 2.75) is 52.7 Å². The number of ether oxygens (including phenoxy) is 2. The third kappa shape index (κ3) is 4.23. The summed E-state index contributed by atoms with van der Waals surface area (Å²) in [5, 5.41) is 0. The molecule has 3 rings (SSSR count). The molecular formula is C23H26N2O6. The summed E-state index contributed by atoms with van der Waals surface area (Å²) in [6, 6.07) is 7.60. The maximum Gasteiger partial charge on any atom is 0.339 e. The van der Waals surface area contributed by atoms with Gasteiger partial charge in [0.25, 0.3) is 5.91 Å². The van der Waals surface area contributed by atoms with E-state index in [2.05, 4.69) is 4.98 Å². The van der Waals surface area contributed by atoms with Crippen LogP contribution in [0.1, 0.15) is 58.4 Å². The van der Waals surface area contributed by atoms with Crippen LogP contribution in [0.5, 0.6) is 0 Å². The number of carbonyl (C=O) groups excluding carboxylic acids is 4. The molecule has 8 nitrogen and oxygen atoms in total. The Bertz CT molecular complexity index is 1050. The minimum absolute atomic E-state index is 0.0406. The Morgan fingerprint density at radius 3 is 2.55 bits per heavy atom. The number of esters is 2. The topological polar surface area (TPSA) is 106 Å². The SMILES string of the molecule is COC(=O)c1c(CC(=O)O[C@H](C)C(=O)N2c3ccccc3C[C@@H]2C)[nH]c(C(C)=O)c1C. The molecule has 1 aliphatic rings. The van der Waals surface area contributed by atoms with E-state index >= 15 is 0 Å². The molecule has 1 aromatic carbocycles. The first-order chi connectivity index (χ1) is 14.6. The Morgan fingerprint density at radius 1 is 1.23 bits per heavy atom.